The molecule has 0 spiro atoms. The molecule has 0 aliphatic heterocycles. The topological polar surface area (TPSA) is 119 Å². The molecule has 2 N–H and O–H groups in total. The number of ether oxygens (including phenoxy) is 1. The van der Waals surface area contributed by atoms with Gasteiger partial charge < -0.3 is 15.2 Å². The molecular formula is C14H18N2O6. The molecular weight excluding hydrogens is 292 g/mol. The summed E-state index contributed by atoms with van der Waals surface area (Å²) in [5.74, 6) is -2.06. The number of hydrogen-bond donors (Lipinski definition) is 2. The molecule has 22 heavy (non-hydrogen) atoms. The Morgan fingerprint density at radius 1 is 1.45 bits per heavy atom. The van der Waals surface area contributed by atoms with Gasteiger partial charge in [-0.1, -0.05) is 20.3 Å². The van der Waals surface area contributed by atoms with Crippen LogP contribution >= 0.6 is 0 Å². The van der Waals surface area contributed by atoms with Crippen molar-refractivity contribution < 1.29 is 24.4 Å². The number of nitro benzene ring substituents is 1. The van der Waals surface area contributed by atoms with Crippen molar-refractivity contribution in [2.45, 2.75) is 26.3 Å². The van der Waals surface area contributed by atoms with Crippen LogP contribution in [0, 0.1) is 16.0 Å². The van der Waals surface area contributed by atoms with E-state index in [1.165, 1.54) is 19.2 Å². The highest BCUT2D eigenvalue weighted by Gasteiger charge is 2.26. The molecule has 0 saturated heterocycles. The van der Waals surface area contributed by atoms with Gasteiger partial charge >= 0.3 is 11.7 Å². The first-order chi connectivity index (χ1) is 10.3. The number of nitro groups is 1. The minimum atomic E-state index is -1.13. The summed E-state index contributed by atoms with van der Waals surface area (Å²) in [5.41, 5.74) is -0.173. The molecule has 1 amide bonds. The number of rotatable bonds is 7. The number of carbonyl (C=O) groups excluding carboxylic acids is 1. The number of methoxy groups -OCH3 is 1. The molecule has 8 nitrogen and oxygen atoms in total. The zero-order valence-corrected chi connectivity index (χ0v) is 12.5. The molecule has 2 atom stereocenters. The van der Waals surface area contributed by atoms with Crippen molar-refractivity contribution in [3.8, 4) is 5.75 Å². The van der Waals surface area contributed by atoms with E-state index in [4.69, 9.17) is 9.84 Å². The lowest BCUT2D eigenvalue weighted by molar-refractivity contribution is -0.385. The second kappa shape index (κ2) is 7.39. The van der Waals surface area contributed by atoms with Crippen molar-refractivity contribution >= 4 is 17.6 Å². The number of hydrogen-bond acceptors (Lipinski definition) is 5. The third-order valence-corrected chi connectivity index (χ3v) is 3.40. The van der Waals surface area contributed by atoms with Crippen LogP contribution in [0.25, 0.3) is 0 Å². The molecule has 0 saturated carbocycles. The van der Waals surface area contributed by atoms with E-state index in [1.54, 1.807) is 6.92 Å². The van der Waals surface area contributed by atoms with E-state index in [1.807, 2.05) is 6.92 Å². The number of carboxylic acids is 1. The Morgan fingerprint density at radius 3 is 2.55 bits per heavy atom. The predicted octanol–water partition coefficient (Wildman–Crippen LogP) is 1.83. The highest BCUT2D eigenvalue weighted by atomic mass is 16.6. The van der Waals surface area contributed by atoms with E-state index in [2.05, 4.69) is 5.32 Å². The first-order valence-electron chi connectivity index (χ1n) is 6.67. The Labute approximate surface area is 127 Å². The molecule has 0 aliphatic rings. The first kappa shape index (κ1) is 17.4. The van der Waals surface area contributed by atoms with Gasteiger partial charge in [-0.2, -0.15) is 0 Å². The molecule has 0 heterocycles. The van der Waals surface area contributed by atoms with Gasteiger partial charge in [0.15, 0.2) is 5.75 Å². The largest absolute Gasteiger partial charge is 0.490 e. The van der Waals surface area contributed by atoms with E-state index in [0.717, 1.165) is 6.07 Å². The average molecular weight is 310 g/mol. The SMILES string of the molecule is CCC(C)C(NC(=O)c1ccc([N+](=O)[O-])c(OC)c1)C(=O)O. The highest BCUT2D eigenvalue weighted by molar-refractivity contribution is 5.97. The molecule has 0 fully saturated rings. The summed E-state index contributed by atoms with van der Waals surface area (Å²) in [6.45, 7) is 3.54. The van der Waals surface area contributed by atoms with Crippen LogP contribution in [0.5, 0.6) is 5.75 Å². The van der Waals surface area contributed by atoms with Crippen molar-refractivity contribution in [2.75, 3.05) is 7.11 Å². The van der Waals surface area contributed by atoms with Crippen LogP contribution in [0.3, 0.4) is 0 Å². The number of benzene rings is 1. The van der Waals surface area contributed by atoms with Crippen LogP contribution in [0.2, 0.25) is 0 Å². The normalized spacial score (nSPS) is 13.0. The second-order valence-electron chi connectivity index (χ2n) is 4.82. The van der Waals surface area contributed by atoms with Gasteiger partial charge in [-0.25, -0.2) is 4.79 Å². The van der Waals surface area contributed by atoms with Crippen LogP contribution in [-0.2, 0) is 4.79 Å². The van der Waals surface area contributed by atoms with Gasteiger partial charge in [0.2, 0.25) is 0 Å². The lowest BCUT2D eigenvalue weighted by Crippen LogP contribution is -2.45. The van der Waals surface area contributed by atoms with Gasteiger partial charge in [0.05, 0.1) is 12.0 Å². The van der Waals surface area contributed by atoms with E-state index >= 15 is 0 Å². The number of carboxylic acid groups (broad SMARTS) is 1. The van der Waals surface area contributed by atoms with Gasteiger partial charge in [-0.05, 0) is 12.0 Å². The maximum atomic E-state index is 12.1. The molecule has 0 radical (unpaired) electrons. The number of aliphatic carboxylic acids is 1. The standard InChI is InChI=1S/C14H18N2O6/c1-4-8(2)12(14(18)19)15-13(17)9-5-6-10(16(20)21)11(7-9)22-3/h5-8,12H,4H2,1-3H3,(H,15,17)(H,18,19). The number of amides is 1. The molecule has 1 aromatic carbocycles. The average Bonchev–Trinajstić information content (AvgIpc) is 2.50. The zero-order chi connectivity index (χ0) is 16.9. The smallest absolute Gasteiger partial charge is 0.326 e. The molecule has 0 bridgehead atoms. The lowest BCUT2D eigenvalue weighted by Gasteiger charge is -2.20. The summed E-state index contributed by atoms with van der Waals surface area (Å²) in [4.78, 5) is 33.5. The van der Waals surface area contributed by atoms with Crippen LogP contribution in [0.4, 0.5) is 5.69 Å². The number of nitrogens with one attached hydrogen (secondary N) is 1. The number of nitrogens with zero attached hydrogens (tertiary/aromatic N) is 1. The third-order valence-electron chi connectivity index (χ3n) is 3.40. The summed E-state index contributed by atoms with van der Waals surface area (Å²) >= 11 is 0. The Balaban J connectivity index is 3.02. The molecule has 120 valence electrons. The molecule has 2 unspecified atom stereocenters. The maximum absolute atomic E-state index is 12.1. The van der Waals surface area contributed by atoms with Gasteiger partial charge in [0.1, 0.15) is 6.04 Å². The van der Waals surface area contributed by atoms with E-state index < -0.39 is 22.8 Å². The summed E-state index contributed by atoms with van der Waals surface area (Å²) < 4.78 is 4.88. The molecule has 0 aliphatic carbocycles. The zero-order valence-electron chi connectivity index (χ0n) is 12.5. The van der Waals surface area contributed by atoms with Gasteiger partial charge in [0.25, 0.3) is 5.91 Å². The fourth-order valence-corrected chi connectivity index (χ4v) is 1.88. The van der Waals surface area contributed by atoms with Crippen LogP contribution < -0.4 is 10.1 Å². The maximum Gasteiger partial charge on any atom is 0.326 e. The van der Waals surface area contributed by atoms with Crippen molar-refractivity contribution in [3.63, 3.8) is 0 Å². The Kier molecular flexibility index (Phi) is 5.85. The van der Waals surface area contributed by atoms with Crippen LogP contribution in [0.15, 0.2) is 18.2 Å². The second-order valence-corrected chi connectivity index (χ2v) is 4.82. The van der Waals surface area contributed by atoms with Crippen molar-refractivity contribution in [3.05, 3.63) is 33.9 Å². The van der Waals surface area contributed by atoms with E-state index in [9.17, 15) is 19.7 Å². The summed E-state index contributed by atoms with van der Waals surface area (Å²) in [6, 6.07) is 2.58. The Bertz CT molecular complexity index is 587. The van der Waals surface area contributed by atoms with Gasteiger partial charge in [-0.15, -0.1) is 0 Å². The predicted molar refractivity (Wildman–Crippen MR) is 78.0 cm³/mol. The highest BCUT2D eigenvalue weighted by Crippen LogP contribution is 2.27. The minimum absolute atomic E-state index is 0.0620. The molecule has 0 aromatic heterocycles. The van der Waals surface area contributed by atoms with Crippen LogP contribution in [-0.4, -0.2) is 35.1 Å². The van der Waals surface area contributed by atoms with Crippen molar-refractivity contribution in [1.29, 1.82) is 0 Å². The Morgan fingerprint density at radius 2 is 2.09 bits per heavy atom. The van der Waals surface area contributed by atoms with Crippen LogP contribution in [0.1, 0.15) is 30.6 Å². The van der Waals surface area contributed by atoms with Gasteiger partial charge in [-0.3, -0.25) is 14.9 Å². The van der Waals surface area contributed by atoms with Gasteiger partial charge in [0, 0.05) is 17.7 Å². The summed E-state index contributed by atoms with van der Waals surface area (Å²) in [7, 11) is 1.25. The fraction of sp³-hybridized carbons (Fsp3) is 0.429. The summed E-state index contributed by atoms with van der Waals surface area (Å²) in [6.07, 6.45) is 0.584. The van der Waals surface area contributed by atoms with E-state index in [-0.39, 0.29) is 22.9 Å². The summed E-state index contributed by atoms with van der Waals surface area (Å²) in [5, 5.41) is 22.4. The number of carbonyl (C=O) groups is 2. The quantitative estimate of drug-likeness (QED) is 0.586. The molecule has 1 rings (SSSR count). The first-order valence-corrected chi connectivity index (χ1v) is 6.67. The van der Waals surface area contributed by atoms with Crippen molar-refractivity contribution in [1.82, 2.24) is 5.32 Å². The molecule has 8 heteroatoms. The third kappa shape index (κ3) is 3.94. The monoisotopic (exact) mass is 310 g/mol. The minimum Gasteiger partial charge on any atom is -0.490 e. The molecule has 1 aromatic rings. The van der Waals surface area contributed by atoms with E-state index in [0.29, 0.717) is 6.42 Å². The van der Waals surface area contributed by atoms with Crippen molar-refractivity contribution in [2.24, 2.45) is 5.92 Å². The lowest BCUT2D eigenvalue weighted by atomic mass is 9.99. The Hall–Kier alpha value is -2.64. The fourth-order valence-electron chi connectivity index (χ4n) is 1.88.